The fourth-order valence-corrected chi connectivity index (χ4v) is 1.16. The van der Waals surface area contributed by atoms with Gasteiger partial charge in [-0.2, -0.15) is 0 Å². The molecule has 0 bridgehead atoms. The first-order valence-corrected chi connectivity index (χ1v) is 12.6. The van der Waals surface area contributed by atoms with Crippen LogP contribution in [-0.2, 0) is 12.8 Å². The minimum absolute atomic E-state index is 0.0417. The quantitative estimate of drug-likeness (QED) is 0.724. The Hall–Kier alpha value is 0.946. The molecule has 3 heteroatoms. The molecule has 0 aliphatic carbocycles. The summed E-state index contributed by atoms with van der Waals surface area (Å²) in [6.07, 6.45) is 3.31. The molecule has 0 unspecified atom stereocenters. The first-order chi connectivity index (χ1) is 6.78. The van der Waals surface area contributed by atoms with Crippen LogP contribution >= 0.6 is 25.8 Å². The summed E-state index contributed by atoms with van der Waals surface area (Å²) in [7, 11) is 0. The normalized spacial score (nSPS) is 8.57. The van der Waals surface area contributed by atoms with Gasteiger partial charge in [0.2, 0.25) is 0 Å². The molecule has 0 aromatic heterocycles. The summed E-state index contributed by atoms with van der Waals surface area (Å²) in [5.41, 5.74) is 2.76. The standard InChI is InChI=1S/C11H15.2BrH.Mg/c1-3-5-11-8-6-10(4-2)7-9-11;;;/h6-9H,2-5H2,1H3;2*1H;/q;;;+2/p-2. The summed E-state index contributed by atoms with van der Waals surface area (Å²) in [5, 5.41) is 0. The van der Waals surface area contributed by atoms with Gasteiger partial charge < -0.3 is 0 Å². The van der Waals surface area contributed by atoms with Crippen molar-refractivity contribution in [1.82, 2.24) is 0 Å². The lowest BCUT2D eigenvalue weighted by atomic mass is 10.1. The predicted octanol–water partition coefficient (Wildman–Crippen LogP) is 4.33. The molecule has 1 rings (SSSR count). The lowest BCUT2D eigenvalue weighted by Gasteiger charge is -1.99. The van der Waals surface area contributed by atoms with Crippen molar-refractivity contribution in [1.29, 1.82) is 0 Å². The topological polar surface area (TPSA) is 0 Å². The highest BCUT2D eigenvalue weighted by Crippen LogP contribution is 2.06. The molecule has 0 spiro atoms. The number of benzene rings is 1. The molecule has 0 atom stereocenters. The van der Waals surface area contributed by atoms with Crippen molar-refractivity contribution < 1.29 is 0 Å². The smallest absolute Gasteiger partial charge is 0.280 e. The Morgan fingerprint density at radius 1 is 1.14 bits per heavy atom. The minimum Gasteiger partial charge on any atom is -0.280 e. The Bertz CT molecular complexity index is 221. The zero-order chi connectivity index (χ0) is 10.8. The summed E-state index contributed by atoms with van der Waals surface area (Å²) in [5.74, 6) is 0. The van der Waals surface area contributed by atoms with E-state index in [1.165, 1.54) is 24.0 Å². The monoisotopic (exact) mass is 329 g/mol. The molecule has 0 amide bonds. The lowest BCUT2D eigenvalue weighted by molar-refractivity contribution is 0.920. The fraction of sp³-hybridized carbons (Fsp3) is 0.364. The Balaban J connectivity index is 0.000000500. The number of hydrogen-bond acceptors (Lipinski definition) is 0. The minimum atomic E-state index is 0.0417. The van der Waals surface area contributed by atoms with Gasteiger partial charge in [-0.25, -0.2) is 0 Å². The third-order valence-electron chi connectivity index (χ3n) is 1.85. The third-order valence-corrected chi connectivity index (χ3v) is 1.85. The van der Waals surface area contributed by atoms with Gasteiger partial charge in [-0.15, -0.1) is 0 Å². The average molecular weight is 331 g/mol. The van der Waals surface area contributed by atoms with Crippen molar-refractivity contribution >= 4 is 41.8 Å². The second kappa shape index (κ2) is 10.5. The van der Waals surface area contributed by atoms with Gasteiger partial charge in [-0.3, -0.25) is 25.8 Å². The number of aryl methyl sites for hydroxylation is 1. The van der Waals surface area contributed by atoms with E-state index in [2.05, 4.69) is 63.9 Å². The second-order valence-electron chi connectivity index (χ2n) is 2.92. The van der Waals surface area contributed by atoms with E-state index < -0.39 is 0 Å². The summed E-state index contributed by atoms with van der Waals surface area (Å²) in [6, 6.07) is 8.73. The highest BCUT2D eigenvalue weighted by Gasteiger charge is 1.90. The van der Waals surface area contributed by atoms with Crippen LogP contribution in [0.1, 0.15) is 24.5 Å². The summed E-state index contributed by atoms with van der Waals surface area (Å²) in [4.78, 5) is 0. The van der Waals surface area contributed by atoms with E-state index in [1.54, 1.807) is 0 Å². The second-order valence-corrected chi connectivity index (χ2v) is 11.0. The summed E-state index contributed by atoms with van der Waals surface area (Å²) >= 11 is 6.44. The van der Waals surface area contributed by atoms with Crippen molar-refractivity contribution in [2.45, 2.75) is 26.2 Å². The lowest BCUT2D eigenvalue weighted by Crippen LogP contribution is -1.84. The molecule has 0 aliphatic rings. The maximum Gasteiger partial charge on any atom is 0.560 e. The van der Waals surface area contributed by atoms with Gasteiger partial charge in [-0.05, 0) is 30.9 Å². The number of halogens is 2. The van der Waals surface area contributed by atoms with E-state index in [0.717, 1.165) is 6.42 Å². The molecule has 0 saturated heterocycles. The van der Waals surface area contributed by atoms with Gasteiger partial charge in [0, 0.05) is 0 Å². The van der Waals surface area contributed by atoms with Crippen LogP contribution in [0.2, 0.25) is 0 Å². The summed E-state index contributed by atoms with van der Waals surface area (Å²) in [6.45, 7) is 6.04. The molecule has 1 radical (unpaired) electrons. The van der Waals surface area contributed by atoms with Crippen molar-refractivity contribution in [2.24, 2.45) is 0 Å². The van der Waals surface area contributed by atoms with Crippen molar-refractivity contribution in [3.8, 4) is 0 Å². The molecule has 1 aromatic rings. The molecular weight excluding hydrogens is 316 g/mol. The van der Waals surface area contributed by atoms with Crippen molar-refractivity contribution in [3.05, 3.63) is 42.3 Å². The number of rotatable bonds is 3. The average Bonchev–Trinajstić information content (AvgIpc) is 2.21. The van der Waals surface area contributed by atoms with Gasteiger partial charge in [0.15, 0.2) is 0 Å². The maximum atomic E-state index is 3.83. The van der Waals surface area contributed by atoms with Crippen LogP contribution in [0.25, 0.3) is 0 Å². The number of hydrogen-bond donors (Lipinski definition) is 0. The van der Waals surface area contributed by atoms with E-state index in [0.29, 0.717) is 0 Å². The van der Waals surface area contributed by atoms with Gasteiger partial charge in [0.25, 0.3) is 0 Å². The summed E-state index contributed by atoms with van der Waals surface area (Å²) < 4.78 is 0. The Morgan fingerprint density at radius 2 is 1.57 bits per heavy atom. The SMILES string of the molecule is [Br][Mg][Br].[CH2]Cc1ccc(CCC)cc1. The molecule has 75 valence electrons. The molecule has 0 aliphatic heterocycles. The van der Waals surface area contributed by atoms with Crippen LogP contribution in [0.5, 0.6) is 0 Å². The van der Waals surface area contributed by atoms with Crippen LogP contribution in [0.4, 0.5) is 0 Å². The zero-order valence-corrected chi connectivity index (χ0v) is 13.2. The van der Waals surface area contributed by atoms with E-state index in [1.807, 2.05) is 0 Å². The molecule has 0 fully saturated rings. The van der Waals surface area contributed by atoms with Crippen LogP contribution < -0.4 is 0 Å². The molecule has 0 saturated carbocycles. The van der Waals surface area contributed by atoms with Crippen LogP contribution in [0, 0.1) is 6.92 Å². The van der Waals surface area contributed by atoms with Gasteiger partial charge in [0.1, 0.15) is 0 Å². The highest BCUT2D eigenvalue weighted by molar-refractivity contribution is 9.47. The van der Waals surface area contributed by atoms with E-state index in [9.17, 15) is 0 Å². The molecule has 1 aromatic carbocycles. The van der Waals surface area contributed by atoms with Crippen LogP contribution in [-0.4, -0.2) is 16.0 Å². The largest absolute Gasteiger partial charge is 0.560 e. The predicted molar refractivity (Wildman–Crippen MR) is 73.1 cm³/mol. The fourth-order valence-electron chi connectivity index (χ4n) is 1.16. The zero-order valence-electron chi connectivity index (χ0n) is 8.60. The van der Waals surface area contributed by atoms with Gasteiger partial charge in [0.05, 0.1) is 0 Å². The first-order valence-electron chi connectivity index (χ1n) is 4.77. The Kier molecular flexibility index (Phi) is 11.2. The maximum absolute atomic E-state index is 3.83. The molecular formula is C11H15Br2Mg. The van der Waals surface area contributed by atoms with E-state index in [4.69, 9.17) is 0 Å². The van der Waals surface area contributed by atoms with Crippen molar-refractivity contribution in [3.63, 3.8) is 0 Å². The van der Waals surface area contributed by atoms with E-state index in [-0.39, 0.29) is 16.0 Å². The molecule has 0 N–H and O–H groups in total. The molecule has 0 nitrogen and oxygen atoms in total. The molecule has 0 heterocycles. The van der Waals surface area contributed by atoms with Gasteiger partial charge >= 0.3 is 16.0 Å². The molecule has 14 heavy (non-hydrogen) atoms. The van der Waals surface area contributed by atoms with Crippen molar-refractivity contribution in [2.75, 3.05) is 0 Å². The first kappa shape index (κ1) is 14.9. The van der Waals surface area contributed by atoms with Crippen LogP contribution in [0.3, 0.4) is 0 Å². The third kappa shape index (κ3) is 7.27. The van der Waals surface area contributed by atoms with Crippen LogP contribution in [0.15, 0.2) is 24.3 Å². The Labute approximate surface area is 109 Å². The van der Waals surface area contributed by atoms with Gasteiger partial charge in [-0.1, -0.05) is 37.6 Å². The van der Waals surface area contributed by atoms with E-state index >= 15 is 0 Å². The Morgan fingerprint density at radius 3 is 1.93 bits per heavy atom. The highest BCUT2D eigenvalue weighted by atomic mass is 79.9.